The van der Waals surface area contributed by atoms with E-state index in [-0.39, 0.29) is 23.7 Å². The Morgan fingerprint density at radius 1 is 0.966 bits per heavy atom. The van der Waals surface area contributed by atoms with Crippen molar-refractivity contribution in [2.45, 2.75) is 30.6 Å². The second-order valence-electron chi connectivity index (χ2n) is 5.96. The summed E-state index contributed by atoms with van der Waals surface area (Å²) in [5.74, 6) is -3.33. The molecule has 0 saturated heterocycles. The molecule has 0 spiro atoms. The molecule has 0 bridgehead atoms. The minimum atomic E-state index is -1.25. The first-order valence-corrected chi connectivity index (χ1v) is 10.3. The lowest BCUT2D eigenvalue weighted by molar-refractivity contribution is -0.142. The van der Waals surface area contributed by atoms with E-state index >= 15 is 0 Å². The number of hydrogen-bond acceptors (Lipinski definition) is 9. The largest absolute Gasteiger partial charge is 0.480 e. The van der Waals surface area contributed by atoms with Crippen LogP contribution in [0.2, 0.25) is 0 Å². The van der Waals surface area contributed by atoms with Crippen molar-refractivity contribution < 1.29 is 24.3 Å². The lowest BCUT2D eigenvalue weighted by Crippen LogP contribution is -2.58. The topological polar surface area (TPSA) is 179 Å². The quantitative estimate of drug-likeness (QED) is 0.155. The number of carboxylic acids is 1. The van der Waals surface area contributed by atoms with Crippen LogP contribution in [0.25, 0.3) is 0 Å². The molecule has 0 aromatic carbocycles. The van der Waals surface area contributed by atoms with Gasteiger partial charge < -0.3 is 31.8 Å². The van der Waals surface area contributed by atoms with Gasteiger partial charge in [0.25, 0.3) is 0 Å². The van der Waals surface area contributed by atoms with Crippen molar-refractivity contribution >= 4 is 61.6 Å². The summed E-state index contributed by atoms with van der Waals surface area (Å²) in [6.07, 6.45) is 2.80. The number of aliphatic carboxylic acids is 1. The third kappa shape index (κ3) is 8.16. The highest BCUT2D eigenvalue weighted by atomic mass is 32.1. The van der Waals surface area contributed by atoms with Gasteiger partial charge in [-0.25, -0.2) is 9.78 Å². The number of nitrogens with two attached hydrogens (primary N) is 1. The summed E-state index contributed by atoms with van der Waals surface area (Å²) in [7, 11) is 0. The third-order valence-corrected chi connectivity index (χ3v) is 4.88. The van der Waals surface area contributed by atoms with Crippen molar-refractivity contribution in [3.8, 4) is 0 Å². The second-order valence-corrected chi connectivity index (χ2v) is 7.05. The Morgan fingerprint density at radius 2 is 1.48 bits per heavy atom. The highest BCUT2D eigenvalue weighted by Gasteiger charge is 2.29. The Labute approximate surface area is 183 Å². The van der Waals surface area contributed by atoms with Gasteiger partial charge in [-0.3, -0.25) is 14.4 Å². The van der Waals surface area contributed by atoms with Crippen LogP contribution in [0.1, 0.15) is 5.69 Å². The number of H-pyrrole nitrogens is 1. The fourth-order valence-corrected chi connectivity index (χ4v) is 2.79. The van der Waals surface area contributed by atoms with Crippen LogP contribution in [0.15, 0.2) is 12.5 Å². The van der Waals surface area contributed by atoms with Gasteiger partial charge in [0.05, 0.1) is 12.4 Å². The van der Waals surface area contributed by atoms with Gasteiger partial charge in [-0.1, -0.05) is 0 Å². The smallest absolute Gasteiger partial charge is 0.326 e. The van der Waals surface area contributed by atoms with E-state index in [0.717, 1.165) is 0 Å². The molecule has 1 heterocycles. The van der Waals surface area contributed by atoms with Crippen LogP contribution in [0.3, 0.4) is 0 Å². The van der Waals surface area contributed by atoms with Gasteiger partial charge in [-0.2, -0.15) is 37.9 Å². The van der Waals surface area contributed by atoms with Gasteiger partial charge in [-0.15, -0.1) is 0 Å². The van der Waals surface area contributed by atoms with Crippen molar-refractivity contribution in [1.29, 1.82) is 0 Å². The Bertz CT molecular complexity index is 705. The average molecular weight is 465 g/mol. The van der Waals surface area contributed by atoms with Gasteiger partial charge in [-0.05, 0) is 0 Å². The standard InChI is InChI=1S/C15H24N6O5S3/c16-8(3-27)12(22)20-10(4-28)14(24)21-11(5-29)13(23)19-9(15(25)26)1-7-2-17-6-18-7/h2,6,8-11,27-29H,1,3-5,16H2,(H,17,18)(H,19,23)(H,20,22)(H,21,24)(H,25,26). The highest BCUT2D eigenvalue weighted by molar-refractivity contribution is 7.80. The molecule has 0 radical (unpaired) electrons. The van der Waals surface area contributed by atoms with Crippen LogP contribution in [0.5, 0.6) is 0 Å². The van der Waals surface area contributed by atoms with Crippen LogP contribution < -0.4 is 21.7 Å². The molecule has 0 fully saturated rings. The molecule has 1 aromatic heterocycles. The first-order valence-electron chi connectivity index (χ1n) is 8.42. The number of amides is 3. The number of rotatable bonds is 12. The summed E-state index contributed by atoms with van der Waals surface area (Å²) in [5.41, 5.74) is 6.07. The van der Waals surface area contributed by atoms with Crippen molar-refractivity contribution in [1.82, 2.24) is 25.9 Å². The lowest BCUT2D eigenvalue weighted by Gasteiger charge is -2.23. The zero-order chi connectivity index (χ0) is 22.0. The summed E-state index contributed by atoms with van der Waals surface area (Å²) < 4.78 is 0. The molecule has 162 valence electrons. The van der Waals surface area contributed by atoms with Crippen molar-refractivity contribution in [2.75, 3.05) is 17.3 Å². The first kappa shape index (κ1) is 25.1. The number of nitrogens with one attached hydrogen (secondary N) is 4. The Hall–Kier alpha value is -1.90. The number of carbonyl (C=O) groups is 4. The lowest BCUT2D eigenvalue weighted by atomic mass is 10.1. The Kier molecular flexibility index (Phi) is 10.9. The molecule has 1 aromatic rings. The molecule has 0 aliphatic heterocycles. The fraction of sp³-hybridized carbons (Fsp3) is 0.533. The van der Waals surface area contributed by atoms with E-state index in [2.05, 4.69) is 63.8 Å². The molecule has 11 nitrogen and oxygen atoms in total. The minimum absolute atomic E-state index is 0.0226. The molecule has 3 amide bonds. The monoisotopic (exact) mass is 464 g/mol. The normalized spacial score (nSPS) is 14.9. The molecule has 0 aliphatic rings. The number of thiol groups is 3. The Morgan fingerprint density at radius 3 is 1.90 bits per heavy atom. The highest BCUT2D eigenvalue weighted by Crippen LogP contribution is 2.01. The van der Waals surface area contributed by atoms with Gasteiger partial charge in [0, 0.05) is 35.6 Å². The number of imidazole rings is 1. The molecular weight excluding hydrogens is 440 g/mol. The van der Waals surface area contributed by atoms with Gasteiger partial charge in [0.15, 0.2) is 0 Å². The molecule has 1 rings (SSSR count). The summed E-state index contributed by atoms with van der Waals surface area (Å²) in [6, 6.07) is -4.33. The first-order chi connectivity index (χ1) is 13.7. The van der Waals surface area contributed by atoms with E-state index in [1.54, 1.807) is 0 Å². The number of hydrogen-bond donors (Lipinski definition) is 9. The predicted octanol–water partition coefficient (Wildman–Crippen LogP) is -2.39. The van der Waals surface area contributed by atoms with E-state index in [0.29, 0.717) is 5.69 Å². The minimum Gasteiger partial charge on any atom is -0.480 e. The van der Waals surface area contributed by atoms with Crippen LogP contribution in [0.4, 0.5) is 0 Å². The molecule has 4 atom stereocenters. The Balaban J connectivity index is 2.73. The van der Waals surface area contributed by atoms with E-state index in [1.165, 1.54) is 12.5 Å². The van der Waals surface area contributed by atoms with E-state index in [9.17, 15) is 24.3 Å². The maximum absolute atomic E-state index is 12.4. The second kappa shape index (κ2) is 12.6. The van der Waals surface area contributed by atoms with Crippen LogP contribution in [-0.2, 0) is 25.6 Å². The molecule has 4 unspecified atom stereocenters. The van der Waals surface area contributed by atoms with Crippen molar-refractivity contribution in [3.05, 3.63) is 18.2 Å². The molecular formula is C15H24N6O5S3. The van der Waals surface area contributed by atoms with Gasteiger partial charge in [0.2, 0.25) is 17.7 Å². The SMILES string of the molecule is NC(CS)C(=O)NC(CS)C(=O)NC(CS)C(=O)NC(Cc1cnc[nH]1)C(=O)O. The zero-order valence-corrected chi connectivity index (χ0v) is 17.9. The maximum atomic E-state index is 12.4. The van der Waals surface area contributed by atoms with Crippen LogP contribution in [0, 0.1) is 0 Å². The number of carboxylic acid groups (broad SMARTS) is 1. The molecule has 29 heavy (non-hydrogen) atoms. The average Bonchev–Trinajstić information content (AvgIpc) is 3.21. The fourth-order valence-electron chi connectivity index (χ4n) is 2.11. The molecule has 7 N–H and O–H groups in total. The molecule has 0 saturated carbocycles. The van der Waals surface area contributed by atoms with Gasteiger partial charge >= 0.3 is 5.97 Å². The van der Waals surface area contributed by atoms with Crippen LogP contribution in [-0.4, -0.2) is 80.2 Å². The summed E-state index contributed by atoms with van der Waals surface area (Å²) in [4.78, 5) is 54.6. The number of aromatic amines is 1. The number of carbonyl (C=O) groups excluding carboxylic acids is 3. The van der Waals surface area contributed by atoms with Crippen LogP contribution >= 0.6 is 37.9 Å². The van der Waals surface area contributed by atoms with Gasteiger partial charge in [0.1, 0.15) is 18.1 Å². The summed E-state index contributed by atoms with van der Waals surface area (Å²) in [5, 5.41) is 16.5. The van der Waals surface area contributed by atoms with E-state index in [1.807, 2.05) is 0 Å². The number of aromatic nitrogens is 2. The van der Waals surface area contributed by atoms with Crippen molar-refractivity contribution in [3.63, 3.8) is 0 Å². The van der Waals surface area contributed by atoms with E-state index in [4.69, 9.17) is 5.73 Å². The third-order valence-electron chi connectivity index (χ3n) is 3.76. The zero-order valence-electron chi connectivity index (χ0n) is 15.2. The summed E-state index contributed by atoms with van der Waals surface area (Å²) in [6.45, 7) is 0. The van der Waals surface area contributed by atoms with Crippen molar-refractivity contribution in [2.24, 2.45) is 5.73 Å². The number of nitrogens with zero attached hydrogens (tertiary/aromatic N) is 1. The molecule has 0 aliphatic carbocycles. The molecule has 14 heteroatoms. The van der Waals surface area contributed by atoms with E-state index < -0.39 is 47.9 Å². The summed E-state index contributed by atoms with van der Waals surface area (Å²) >= 11 is 12.0. The maximum Gasteiger partial charge on any atom is 0.326 e. The predicted molar refractivity (Wildman–Crippen MR) is 115 cm³/mol.